The van der Waals surface area contributed by atoms with Gasteiger partial charge in [-0.25, -0.2) is 0 Å². The molecule has 76 valence electrons. The molecule has 0 unspecified atom stereocenters. The number of rotatable bonds is 2. The van der Waals surface area contributed by atoms with Crippen LogP contribution in [0.4, 0.5) is 5.69 Å². The van der Waals surface area contributed by atoms with E-state index >= 15 is 0 Å². The van der Waals surface area contributed by atoms with E-state index in [0.717, 1.165) is 19.4 Å². The molecular weight excluding hydrogens is 180 g/mol. The Bertz CT molecular complexity index is 367. The molecule has 1 aromatic heterocycles. The van der Waals surface area contributed by atoms with E-state index in [0.29, 0.717) is 12.2 Å². The maximum atomic E-state index is 11.4. The lowest BCUT2D eigenvalue weighted by atomic mass is 10.2. The highest BCUT2D eigenvalue weighted by Gasteiger charge is 2.16. The second kappa shape index (κ2) is 3.84. The topological polar surface area (TPSA) is 57.2 Å². The Kier molecular flexibility index (Phi) is 2.54. The van der Waals surface area contributed by atoms with E-state index in [1.807, 2.05) is 0 Å². The summed E-state index contributed by atoms with van der Waals surface area (Å²) in [6.07, 6.45) is 3.96. The zero-order chi connectivity index (χ0) is 9.97. The second-order valence-corrected chi connectivity index (χ2v) is 3.59. The van der Waals surface area contributed by atoms with Crippen molar-refractivity contribution in [2.24, 2.45) is 0 Å². The lowest BCUT2D eigenvalue weighted by Gasteiger charge is -2.11. The highest BCUT2D eigenvalue weighted by Crippen LogP contribution is 2.13. The standard InChI is InChI=1S/C10H14N2O2/c11-8-3-4-10(13)12(6-8)7-9-2-1-5-14-9/h3-4,6,9H,1-2,5,7,11H2/t9-/m0/s1. The van der Waals surface area contributed by atoms with Crippen molar-refractivity contribution in [3.05, 3.63) is 28.7 Å². The van der Waals surface area contributed by atoms with Crippen molar-refractivity contribution in [1.82, 2.24) is 4.57 Å². The van der Waals surface area contributed by atoms with Crippen molar-refractivity contribution in [1.29, 1.82) is 0 Å². The largest absolute Gasteiger partial charge is 0.398 e. The average molecular weight is 194 g/mol. The van der Waals surface area contributed by atoms with Crippen molar-refractivity contribution in [2.45, 2.75) is 25.5 Å². The van der Waals surface area contributed by atoms with Crippen LogP contribution in [0.15, 0.2) is 23.1 Å². The van der Waals surface area contributed by atoms with Crippen molar-refractivity contribution < 1.29 is 4.74 Å². The molecule has 1 saturated heterocycles. The Labute approximate surface area is 82.3 Å². The zero-order valence-electron chi connectivity index (χ0n) is 7.98. The molecule has 0 aromatic carbocycles. The normalized spacial score (nSPS) is 21.3. The first-order valence-electron chi connectivity index (χ1n) is 4.83. The van der Waals surface area contributed by atoms with E-state index in [1.54, 1.807) is 16.8 Å². The highest BCUT2D eigenvalue weighted by molar-refractivity contribution is 5.33. The number of nitrogens with zero attached hydrogens (tertiary/aromatic N) is 1. The Hall–Kier alpha value is -1.29. The fourth-order valence-corrected chi connectivity index (χ4v) is 1.70. The Morgan fingerprint density at radius 1 is 1.57 bits per heavy atom. The fourth-order valence-electron chi connectivity index (χ4n) is 1.70. The van der Waals surface area contributed by atoms with Crippen LogP contribution < -0.4 is 11.3 Å². The third kappa shape index (κ3) is 1.96. The molecule has 0 saturated carbocycles. The summed E-state index contributed by atoms with van der Waals surface area (Å²) in [5, 5.41) is 0. The number of ether oxygens (including phenoxy) is 1. The molecule has 0 bridgehead atoms. The Morgan fingerprint density at radius 2 is 2.43 bits per heavy atom. The van der Waals surface area contributed by atoms with Crippen molar-refractivity contribution in [3.8, 4) is 0 Å². The van der Waals surface area contributed by atoms with Crippen LogP contribution in [0.1, 0.15) is 12.8 Å². The molecule has 1 atom stereocenters. The molecule has 2 rings (SSSR count). The summed E-state index contributed by atoms with van der Waals surface area (Å²) in [6, 6.07) is 3.11. The van der Waals surface area contributed by atoms with Gasteiger partial charge in [-0.15, -0.1) is 0 Å². The fraction of sp³-hybridized carbons (Fsp3) is 0.500. The van der Waals surface area contributed by atoms with Crippen molar-refractivity contribution >= 4 is 5.69 Å². The monoisotopic (exact) mass is 194 g/mol. The van der Waals surface area contributed by atoms with E-state index in [4.69, 9.17) is 10.5 Å². The number of pyridine rings is 1. The van der Waals surface area contributed by atoms with Gasteiger partial charge in [-0.05, 0) is 18.9 Å². The first kappa shape index (κ1) is 9.27. The first-order valence-corrected chi connectivity index (χ1v) is 4.83. The van der Waals surface area contributed by atoms with Gasteiger partial charge in [0.05, 0.1) is 12.6 Å². The summed E-state index contributed by atoms with van der Waals surface area (Å²) in [5.74, 6) is 0. The number of aromatic nitrogens is 1. The third-order valence-corrected chi connectivity index (χ3v) is 2.43. The lowest BCUT2D eigenvalue weighted by Crippen LogP contribution is -2.25. The summed E-state index contributed by atoms with van der Waals surface area (Å²) < 4.78 is 7.07. The van der Waals surface area contributed by atoms with Crippen LogP contribution in [0, 0.1) is 0 Å². The molecule has 2 N–H and O–H groups in total. The number of hydrogen-bond acceptors (Lipinski definition) is 3. The first-order chi connectivity index (χ1) is 6.75. The molecule has 1 fully saturated rings. The maximum absolute atomic E-state index is 11.4. The number of hydrogen-bond donors (Lipinski definition) is 1. The van der Waals surface area contributed by atoms with Crippen molar-refractivity contribution in [3.63, 3.8) is 0 Å². The van der Waals surface area contributed by atoms with Gasteiger partial charge in [-0.1, -0.05) is 0 Å². The molecule has 1 aliphatic heterocycles. The molecule has 1 aliphatic rings. The quantitative estimate of drug-likeness (QED) is 0.750. The van der Waals surface area contributed by atoms with Gasteiger partial charge in [-0.3, -0.25) is 4.79 Å². The van der Waals surface area contributed by atoms with E-state index < -0.39 is 0 Å². The number of anilines is 1. The molecule has 1 aromatic rings. The van der Waals surface area contributed by atoms with Gasteiger partial charge >= 0.3 is 0 Å². The van der Waals surface area contributed by atoms with Gasteiger partial charge in [0, 0.05) is 24.6 Å². The molecule has 4 nitrogen and oxygen atoms in total. The maximum Gasteiger partial charge on any atom is 0.250 e. The molecule has 0 amide bonds. The van der Waals surface area contributed by atoms with Gasteiger partial charge in [0.25, 0.3) is 5.56 Å². The minimum atomic E-state index is -0.0188. The number of nitrogen functional groups attached to an aromatic ring is 1. The summed E-state index contributed by atoms with van der Waals surface area (Å²) in [4.78, 5) is 11.4. The van der Waals surface area contributed by atoms with Gasteiger partial charge in [0.1, 0.15) is 0 Å². The molecule has 0 aliphatic carbocycles. The SMILES string of the molecule is Nc1ccc(=O)n(C[C@@H]2CCCO2)c1. The van der Waals surface area contributed by atoms with Crippen LogP contribution in [-0.2, 0) is 11.3 Å². The van der Waals surface area contributed by atoms with Crippen molar-refractivity contribution in [2.75, 3.05) is 12.3 Å². The summed E-state index contributed by atoms with van der Waals surface area (Å²) >= 11 is 0. The van der Waals surface area contributed by atoms with Crippen LogP contribution in [-0.4, -0.2) is 17.3 Å². The second-order valence-electron chi connectivity index (χ2n) is 3.59. The van der Waals surface area contributed by atoms with E-state index in [-0.39, 0.29) is 11.7 Å². The van der Waals surface area contributed by atoms with E-state index in [2.05, 4.69) is 0 Å². The number of nitrogens with two attached hydrogens (primary N) is 1. The van der Waals surface area contributed by atoms with Crippen LogP contribution in [0.2, 0.25) is 0 Å². The van der Waals surface area contributed by atoms with Gasteiger partial charge < -0.3 is 15.0 Å². The van der Waals surface area contributed by atoms with Crippen LogP contribution in [0.3, 0.4) is 0 Å². The third-order valence-electron chi connectivity index (χ3n) is 2.43. The smallest absolute Gasteiger partial charge is 0.250 e. The minimum Gasteiger partial charge on any atom is -0.398 e. The zero-order valence-corrected chi connectivity index (χ0v) is 7.98. The highest BCUT2D eigenvalue weighted by atomic mass is 16.5. The minimum absolute atomic E-state index is 0.0188. The molecule has 14 heavy (non-hydrogen) atoms. The Balaban J connectivity index is 2.15. The lowest BCUT2D eigenvalue weighted by molar-refractivity contribution is 0.0962. The predicted molar refractivity (Wildman–Crippen MR) is 54.1 cm³/mol. The molecule has 0 radical (unpaired) electrons. The van der Waals surface area contributed by atoms with E-state index in [1.165, 1.54) is 6.07 Å². The summed E-state index contributed by atoms with van der Waals surface area (Å²) in [7, 11) is 0. The van der Waals surface area contributed by atoms with E-state index in [9.17, 15) is 4.79 Å². The summed E-state index contributed by atoms with van der Waals surface area (Å²) in [6.45, 7) is 1.42. The molecule has 0 spiro atoms. The summed E-state index contributed by atoms with van der Waals surface area (Å²) in [5.41, 5.74) is 6.20. The van der Waals surface area contributed by atoms with Crippen LogP contribution in [0.5, 0.6) is 0 Å². The van der Waals surface area contributed by atoms with Gasteiger partial charge in [0.15, 0.2) is 0 Å². The van der Waals surface area contributed by atoms with Gasteiger partial charge in [0.2, 0.25) is 0 Å². The molecule has 2 heterocycles. The molecular formula is C10H14N2O2. The van der Waals surface area contributed by atoms with Crippen LogP contribution >= 0.6 is 0 Å². The molecule has 4 heteroatoms. The predicted octanol–water partition coefficient (Wildman–Crippen LogP) is 0.609. The average Bonchev–Trinajstić information content (AvgIpc) is 2.64. The van der Waals surface area contributed by atoms with Gasteiger partial charge in [-0.2, -0.15) is 0 Å². The Morgan fingerprint density at radius 3 is 3.14 bits per heavy atom. The van der Waals surface area contributed by atoms with Crippen LogP contribution in [0.25, 0.3) is 0 Å².